The normalized spacial score (nSPS) is 19.1. The van der Waals surface area contributed by atoms with Crippen LogP contribution in [0.25, 0.3) is 0 Å². The third-order valence-corrected chi connectivity index (χ3v) is 4.73. The second-order valence-electron chi connectivity index (χ2n) is 6.81. The molecule has 0 unspecified atom stereocenters. The Morgan fingerprint density at radius 1 is 1.20 bits per heavy atom. The van der Waals surface area contributed by atoms with Crippen LogP contribution in [0.15, 0.2) is 29.3 Å². The van der Waals surface area contributed by atoms with Crippen LogP contribution in [0.1, 0.15) is 26.2 Å². The van der Waals surface area contributed by atoms with Crippen molar-refractivity contribution < 1.29 is 4.39 Å². The first-order chi connectivity index (χ1) is 12.3. The summed E-state index contributed by atoms with van der Waals surface area (Å²) in [7, 11) is 0. The third-order valence-electron chi connectivity index (χ3n) is 4.73. The zero-order valence-electron chi connectivity index (χ0n) is 15.2. The molecule has 1 aromatic rings. The lowest BCUT2D eigenvalue weighted by atomic mass is 10.2. The summed E-state index contributed by atoms with van der Waals surface area (Å²) in [5.41, 5.74) is 0.730. The Morgan fingerprint density at radius 2 is 1.96 bits per heavy atom. The molecule has 138 valence electrons. The van der Waals surface area contributed by atoms with Crippen molar-refractivity contribution in [2.45, 2.75) is 32.2 Å². The molecule has 0 radical (unpaired) electrons. The zero-order chi connectivity index (χ0) is 17.5. The number of nitrogens with zero attached hydrogens (tertiary/aromatic N) is 3. The number of para-hydroxylation sites is 1. The standard InChI is InChI=1S/C19H30FN5/c1-2-21-19(23-16-8-9-16)22-10-5-11-24-12-14-25(15-13-24)18-7-4-3-6-17(18)20/h3-4,6-7,16H,2,5,8-15H2,1H3,(H2,21,22,23). The zero-order valence-corrected chi connectivity index (χ0v) is 15.2. The summed E-state index contributed by atoms with van der Waals surface area (Å²) in [5, 5.41) is 6.75. The van der Waals surface area contributed by atoms with E-state index in [-0.39, 0.29) is 5.82 Å². The molecule has 3 rings (SSSR count). The molecule has 2 fully saturated rings. The number of hydrogen-bond acceptors (Lipinski definition) is 3. The molecule has 1 saturated carbocycles. The lowest BCUT2D eigenvalue weighted by molar-refractivity contribution is 0.256. The van der Waals surface area contributed by atoms with Crippen LogP contribution < -0.4 is 15.5 Å². The van der Waals surface area contributed by atoms with Crippen LogP contribution in [-0.4, -0.2) is 62.7 Å². The van der Waals surface area contributed by atoms with Gasteiger partial charge >= 0.3 is 0 Å². The van der Waals surface area contributed by atoms with Gasteiger partial charge in [0.05, 0.1) is 5.69 Å². The Kier molecular flexibility index (Phi) is 6.50. The predicted octanol–water partition coefficient (Wildman–Crippen LogP) is 2.06. The van der Waals surface area contributed by atoms with Crippen LogP contribution in [0.4, 0.5) is 10.1 Å². The minimum absolute atomic E-state index is 0.121. The van der Waals surface area contributed by atoms with Crippen LogP contribution in [0.2, 0.25) is 0 Å². The van der Waals surface area contributed by atoms with E-state index in [9.17, 15) is 4.39 Å². The molecule has 0 amide bonds. The highest BCUT2D eigenvalue weighted by molar-refractivity contribution is 5.80. The van der Waals surface area contributed by atoms with E-state index in [0.29, 0.717) is 6.04 Å². The van der Waals surface area contributed by atoms with Gasteiger partial charge in [0.15, 0.2) is 5.96 Å². The second kappa shape index (κ2) is 9.04. The van der Waals surface area contributed by atoms with E-state index in [1.54, 1.807) is 6.07 Å². The van der Waals surface area contributed by atoms with Gasteiger partial charge in [0.25, 0.3) is 0 Å². The molecule has 1 heterocycles. The molecule has 0 bridgehead atoms. The summed E-state index contributed by atoms with van der Waals surface area (Å²) in [6.45, 7) is 8.63. The molecule has 25 heavy (non-hydrogen) atoms. The predicted molar refractivity (Wildman–Crippen MR) is 102 cm³/mol. The lowest BCUT2D eigenvalue weighted by Crippen LogP contribution is -2.47. The molecule has 1 aromatic carbocycles. The molecule has 0 aromatic heterocycles. The molecule has 0 atom stereocenters. The van der Waals surface area contributed by atoms with Crippen LogP contribution >= 0.6 is 0 Å². The monoisotopic (exact) mass is 347 g/mol. The van der Waals surface area contributed by atoms with E-state index in [1.807, 2.05) is 12.1 Å². The fraction of sp³-hybridized carbons (Fsp3) is 0.632. The molecule has 6 heteroatoms. The quantitative estimate of drug-likeness (QED) is 0.450. The maximum atomic E-state index is 13.9. The molecule has 1 aliphatic heterocycles. The van der Waals surface area contributed by atoms with E-state index >= 15 is 0 Å². The maximum Gasteiger partial charge on any atom is 0.191 e. The second-order valence-corrected chi connectivity index (χ2v) is 6.81. The van der Waals surface area contributed by atoms with Gasteiger partial charge < -0.3 is 15.5 Å². The van der Waals surface area contributed by atoms with Gasteiger partial charge in [-0.2, -0.15) is 0 Å². The fourth-order valence-corrected chi connectivity index (χ4v) is 3.15. The topological polar surface area (TPSA) is 42.9 Å². The minimum atomic E-state index is -0.121. The van der Waals surface area contributed by atoms with Gasteiger partial charge in [0.2, 0.25) is 0 Å². The van der Waals surface area contributed by atoms with E-state index in [4.69, 9.17) is 0 Å². The smallest absolute Gasteiger partial charge is 0.191 e. The highest BCUT2D eigenvalue weighted by atomic mass is 19.1. The Balaban J connectivity index is 1.37. The Labute approximate surface area is 150 Å². The van der Waals surface area contributed by atoms with E-state index in [0.717, 1.165) is 63.9 Å². The molecule has 2 aliphatic rings. The van der Waals surface area contributed by atoms with E-state index < -0.39 is 0 Å². The number of rotatable bonds is 7. The highest BCUT2D eigenvalue weighted by Crippen LogP contribution is 2.20. The first-order valence-corrected chi connectivity index (χ1v) is 9.53. The first kappa shape index (κ1) is 18.0. The van der Waals surface area contributed by atoms with Gasteiger partial charge in [-0.15, -0.1) is 0 Å². The van der Waals surface area contributed by atoms with Crippen molar-refractivity contribution in [1.29, 1.82) is 0 Å². The Hall–Kier alpha value is -1.82. The minimum Gasteiger partial charge on any atom is -0.367 e. The summed E-state index contributed by atoms with van der Waals surface area (Å²) >= 11 is 0. The number of hydrogen-bond donors (Lipinski definition) is 2. The molecule has 1 aliphatic carbocycles. The molecular formula is C19H30FN5. The van der Waals surface area contributed by atoms with Crippen molar-refractivity contribution in [1.82, 2.24) is 15.5 Å². The van der Waals surface area contributed by atoms with E-state index in [1.165, 1.54) is 18.9 Å². The van der Waals surface area contributed by atoms with Gasteiger partial charge in [0.1, 0.15) is 5.82 Å². The first-order valence-electron chi connectivity index (χ1n) is 9.53. The summed E-state index contributed by atoms with van der Waals surface area (Å²) in [6.07, 6.45) is 3.58. The van der Waals surface area contributed by atoms with Crippen molar-refractivity contribution in [2.24, 2.45) is 4.99 Å². The molecule has 5 nitrogen and oxygen atoms in total. The van der Waals surface area contributed by atoms with Crippen LogP contribution in [0, 0.1) is 5.82 Å². The van der Waals surface area contributed by atoms with Gasteiger partial charge in [0, 0.05) is 51.9 Å². The molecule has 0 spiro atoms. The van der Waals surface area contributed by atoms with Gasteiger partial charge in [-0.1, -0.05) is 12.1 Å². The van der Waals surface area contributed by atoms with Crippen molar-refractivity contribution >= 4 is 11.6 Å². The third kappa shape index (κ3) is 5.59. The number of benzene rings is 1. The lowest BCUT2D eigenvalue weighted by Gasteiger charge is -2.36. The largest absolute Gasteiger partial charge is 0.367 e. The average Bonchev–Trinajstić information content (AvgIpc) is 3.44. The molecule has 2 N–H and O–H groups in total. The number of piperazine rings is 1. The SMILES string of the molecule is CCNC(=NCCCN1CCN(c2ccccc2F)CC1)NC1CC1. The average molecular weight is 347 g/mol. The van der Waals surface area contributed by atoms with Crippen molar-refractivity contribution in [3.05, 3.63) is 30.1 Å². The summed E-state index contributed by atoms with van der Waals surface area (Å²) in [6, 6.07) is 7.69. The fourth-order valence-electron chi connectivity index (χ4n) is 3.15. The van der Waals surface area contributed by atoms with E-state index in [2.05, 4.69) is 32.3 Å². The van der Waals surface area contributed by atoms with Crippen LogP contribution in [-0.2, 0) is 0 Å². The maximum absolute atomic E-state index is 13.9. The number of anilines is 1. The van der Waals surface area contributed by atoms with Crippen molar-refractivity contribution in [2.75, 3.05) is 50.7 Å². The Morgan fingerprint density at radius 3 is 2.64 bits per heavy atom. The summed E-state index contributed by atoms with van der Waals surface area (Å²) < 4.78 is 13.9. The van der Waals surface area contributed by atoms with Crippen LogP contribution in [0.5, 0.6) is 0 Å². The van der Waals surface area contributed by atoms with Crippen LogP contribution in [0.3, 0.4) is 0 Å². The molecule has 1 saturated heterocycles. The van der Waals surface area contributed by atoms with Crippen molar-refractivity contribution in [3.8, 4) is 0 Å². The summed E-state index contributed by atoms with van der Waals surface area (Å²) in [4.78, 5) is 9.26. The number of halogens is 1. The van der Waals surface area contributed by atoms with Gasteiger partial charge in [-0.3, -0.25) is 9.89 Å². The highest BCUT2D eigenvalue weighted by Gasteiger charge is 2.22. The number of nitrogens with one attached hydrogen (secondary N) is 2. The summed E-state index contributed by atoms with van der Waals surface area (Å²) in [5.74, 6) is 0.832. The van der Waals surface area contributed by atoms with Gasteiger partial charge in [-0.05, 0) is 38.3 Å². The molecular weight excluding hydrogens is 317 g/mol. The number of aliphatic imine (C=N–C) groups is 1. The number of guanidine groups is 1. The Bertz CT molecular complexity index is 565. The van der Waals surface area contributed by atoms with Gasteiger partial charge in [-0.25, -0.2) is 4.39 Å². The van der Waals surface area contributed by atoms with Crippen molar-refractivity contribution in [3.63, 3.8) is 0 Å².